The van der Waals surface area contributed by atoms with Crippen LogP contribution in [-0.2, 0) is 6.18 Å². The maximum Gasteiger partial charge on any atom is 0.418 e. The zero-order chi connectivity index (χ0) is 17.0. The summed E-state index contributed by atoms with van der Waals surface area (Å²) in [5.74, 6) is -0.583. The molecule has 2 aromatic rings. The summed E-state index contributed by atoms with van der Waals surface area (Å²) in [6, 6.07) is 6.35. The minimum Gasteiger partial charge on any atom is -0.332 e. The molecule has 1 aromatic carbocycles. The molecule has 1 heterocycles. The molecule has 1 aromatic heterocycles. The summed E-state index contributed by atoms with van der Waals surface area (Å²) in [7, 11) is 0. The van der Waals surface area contributed by atoms with E-state index in [9.17, 15) is 18.0 Å². The lowest BCUT2D eigenvalue weighted by molar-refractivity contribution is -0.136. The van der Waals surface area contributed by atoms with Crippen molar-refractivity contribution in [3.8, 4) is 0 Å². The highest BCUT2D eigenvalue weighted by atomic mass is 79.9. The Bertz CT molecular complexity index is 752. The normalized spacial score (nSPS) is 11.0. The maximum absolute atomic E-state index is 12.9. The molecule has 0 radical (unpaired) electrons. The van der Waals surface area contributed by atoms with E-state index in [1.807, 2.05) is 0 Å². The van der Waals surface area contributed by atoms with Gasteiger partial charge in [-0.05, 0) is 46.3 Å². The van der Waals surface area contributed by atoms with Crippen molar-refractivity contribution in [1.82, 2.24) is 10.3 Å². The second-order valence-corrected chi connectivity index (χ2v) is 5.67. The van der Waals surface area contributed by atoms with Crippen molar-refractivity contribution >= 4 is 44.9 Å². The average molecular weight is 404 g/mol. The van der Waals surface area contributed by atoms with Gasteiger partial charge in [0.25, 0.3) is 5.91 Å². The fraction of sp³-hybridized carbons (Fsp3) is 0.0714. The minimum atomic E-state index is -4.53. The van der Waals surface area contributed by atoms with Gasteiger partial charge in [-0.3, -0.25) is 15.1 Å². The highest BCUT2D eigenvalue weighted by molar-refractivity contribution is 9.10. The Morgan fingerprint density at radius 2 is 1.91 bits per heavy atom. The zero-order valence-corrected chi connectivity index (χ0v) is 13.7. The average Bonchev–Trinajstić information content (AvgIpc) is 2.46. The summed E-state index contributed by atoms with van der Waals surface area (Å²) in [6.45, 7) is 0. The van der Waals surface area contributed by atoms with Crippen LogP contribution in [0.3, 0.4) is 0 Å². The van der Waals surface area contributed by atoms with Gasteiger partial charge in [-0.25, -0.2) is 0 Å². The minimum absolute atomic E-state index is 0.215. The standard InChI is InChI=1S/C14H9BrF3N3OS/c15-9-5-8(6-19-7-9)12(22)21-13(23)20-11-4-2-1-3-10(11)14(16,17)18/h1-7H,(H2,20,21,22,23). The molecular formula is C14H9BrF3N3OS. The van der Waals surface area contributed by atoms with Crippen molar-refractivity contribution in [3.05, 3.63) is 58.3 Å². The molecule has 23 heavy (non-hydrogen) atoms. The second-order valence-electron chi connectivity index (χ2n) is 4.34. The van der Waals surface area contributed by atoms with E-state index < -0.39 is 17.6 Å². The van der Waals surface area contributed by atoms with Gasteiger partial charge < -0.3 is 5.32 Å². The molecule has 0 aliphatic carbocycles. The molecule has 2 N–H and O–H groups in total. The van der Waals surface area contributed by atoms with Crippen molar-refractivity contribution in [1.29, 1.82) is 0 Å². The van der Waals surface area contributed by atoms with Crippen molar-refractivity contribution in [2.75, 3.05) is 5.32 Å². The van der Waals surface area contributed by atoms with Gasteiger partial charge in [0.15, 0.2) is 5.11 Å². The van der Waals surface area contributed by atoms with Crippen LogP contribution in [-0.4, -0.2) is 16.0 Å². The summed E-state index contributed by atoms with van der Waals surface area (Å²) in [4.78, 5) is 15.8. The van der Waals surface area contributed by atoms with Crippen LogP contribution in [0, 0.1) is 0 Å². The van der Waals surface area contributed by atoms with Gasteiger partial charge >= 0.3 is 6.18 Å². The van der Waals surface area contributed by atoms with Crippen LogP contribution in [0.5, 0.6) is 0 Å². The number of carbonyl (C=O) groups is 1. The number of alkyl halides is 3. The molecule has 0 aliphatic rings. The second kappa shape index (κ2) is 7.05. The first-order valence-electron chi connectivity index (χ1n) is 6.16. The number of nitrogens with zero attached hydrogens (tertiary/aromatic N) is 1. The number of carbonyl (C=O) groups excluding carboxylic acids is 1. The van der Waals surface area contributed by atoms with E-state index in [-0.39, 0.29) is 16.4 Å². The summed E-state index contributed by atoms with van der Waals surface area (Å²) in [5.41, 5.74) is -0.897. The topological polar surface area (TPSA) is 54.0 Å². The third kappa shape index (κ3) is 4.73. The first-order valence-corrected chi connectivity index (χ1v) is 7.36. The van der Waals surface area contributed by atoms with Gasteiger partial charge in [-0.1, -0.05) is 12.1 Å². The molecule has 0 fully saturated rings. The molecule has 0 saturated heterocycles. The lowest BCUT2D eigenvalue weighted by Gasteiger charge is -2.15. The van der Waals surface area contributed by atoms with E-state index in [1.54, 1.807) is 0 Å². The molecule has 0 saturated carbocycles. The Morgan fingerprint density at radius 1 is 1.22 bits per heavy atom. The van der Waals surface area contributed by atoms with Gasteiger partial charge in [0, 0.05) is 16.9 Å². The lowest BCUT2D eigenvalue weighted by Crippen LogP contribution is -2.34. The molecule has 0 aliphatic heterocycles. The number of pyridine rings is 1. The van der Waals surface area contributed by atoms with Gasteiger partial charge in [0.05, 0.1) is 16.8 Å². The van der Waals surface area contributed by atoms with Crippen LogP contribution < -0.4 is 10.6 Å². The quantitative estimate of drug-likeness (QED) is 0.744. The monoisotopic (exact) mass is 403 g/mol. The first-order chi connectivity index (χ1) is 10.8. The Morgan fingerprint density at radius 3 is 2.57 bits per heavy atom. The molecule has 2 rings (SSSR count). The lowest BCUT2D eigenvalue weighted by atomic mass is 10.1. The number of aromatic nitrogens is 1. The number of hydrogen-bond acceptors (Lipinski definition) is 3. The van der Waals surface area contributed by atoms with Crippen LogP contribution in [0.4, 0.5) is 18.9 Å². The Labute approximate surface area is 143 Å². The fourth-order valence-corrected chi connectivity index (χ4v) is 2.27. The number of anilines is 1. The van der Waals surface area contributed by atoms with Crippen molar-refractivity contribution in [2.45, 2.75) is 6.18 Å². The summed E-state index contributed by atoms with van der Waals surface area (Å²) >= 11 is 8.05. The number of rotatable bonds is 2. The molecule has 1 amide bonds. The number of para-hydroxylation sites is 1. The zero-order valence-electron chi connectivity index (χ0n) is 11.3. The number of thiocarbonyl (C=S) groups is 1. The third-order valence-electron chi connectivity index (χ3n) is 2.67. The molecule has 0 spiro atoms. The van der Waals surface area contributed by atoms with E-state index >= 15 is 0 Å². The van der Waals surface area contributed by atoms with E-state index in [0.29, 0.717) is 4.47 Å². The largest absolute Gasteiger partial charge is 0.418 e. The number of nitrogens with one attached hydrogen (secondary N) is 2. The van der Waals surface area contributed by atoms with Crippen LogP contribution in [0.25, 0.3) is 0 Å². The first kappa shape index (κ1) is 17.4. The summed E-state index contributed by atoms with van der Waals surface area (Å²) in [6.07, 6.45) is -1.73. The molecule has 0 unspecified atom stereocenters. The van der Waals surface area contributed by atoms with E-state index in [0.717, 1.165) is 6.07 Å². The maximum atomic E-state index is 12.9. The Balaban J connectivity index is 2.10. The smallest absolute Gasteiger partial charge is 0.332 e. The molecular weight excluding hydrogens is 395 g/mol. The number of amides is 1. The van der Waals surface area contributed by atoms with E-state index in [1.165, 1.54) is 36.7 Å². The van der Waals surface area contributed by atoms with Crippen LogP contribution in [0.2, 0.25) is 0 Å². The van der Waals surface area contributed by atoms with E-state index in [4.69, 9.17) is 12.2 Å². The van der Waals surface area contributed by atoms with Gasteiger partial charge in [-0.2, -0.15) is 13.2 Å². The molecule has 4 nitrogen and oxygen atoms in total. The SMILES string of the molecule is O=C(NC(=S)Nc1ccccc1C(F)(F)F)c1cncc(Br)c1. The molecule has 120 valence electrons. The van der Waals surface area contributed by atoms with Gasteiger partial charge in [-0.15, -0.1) is 0 Å². The van der Waals surface area contributed by atoms with Gasteiger partial charge in [0.2, 0.25) is 0 Å². The number of halogens is 4. The molecule has 0 atom stereocenters. The predicted molar refractivity (Wildman–Crippen MR) is 87.1 cm³/mol. The summed E-state index contributed by atoms with van der Waals surface area (Å²) < 4.78 is 39.2. The molecule has 9 heteroatoms. The van der Waals surface area contributed by atoms with Crippen molar-refractivity contribution < 1.29 is 18.0 Å². The van der Waals surface area contributed by atoms with Crippen LogP contribution >= 0.6 is 28.1 Å². The summed E-state index contributed by atoms with van der Waals surface area (Å²) in [5, 5.41) is 4.44. The number of benzene rings is 1. The predicted octanol–water partition coefficient (Wildman–Crippen LogP) is 3.99. The van der Waals surface area contributed by atoms with Crippen molar-refractivity contribution in [3.63, 3.8) is 0 Å². The van der Waals surface area contributed by atoms with Crippen molar-refractivity contribution in [2.24, 2.45) is 0 Å². The highest BCUT2D eigenvalue weighted by Gasteiger charge is 2.33. The van der Waals surface area contributed by atoms with Crippen LogP contribution in [0.15, 0.2) is 47.2 Å². The number of hydrogen-bond donors (Lipinski definition) is 2. The van der Waals surface area contributed by atoms with Crippen LogP contribution in [0.1, 0.15) is 15.9 Å². The molecule has 0 bridgehead atoms. The Kier molecular flexibility index (Phi) is 5.32. The Hall–Kier alpha value is -2.00. The van der Waals surface area contributed by atoms with Gasteiger partial charge in [0.1, 0.15) is 0 Å². The fourth-order valence-electron chi connectivity index (χ4n) is 1.70. The highest BCUT2D eigenvalue weighted by Crippen LogP contribution is 2.34. The third-order valence-corrected chi connectivity index (χ3v) is 3.31. The van der Waals surface area contributed by atoms with E-state index in [2.05, 4.69) is 31.5 Å².